The van der Waals surface area contributed by atoms with E-state index in [1.165, 1.54) is 6.07 Å². The average Bonchev–Trinajstić information content (AvgIpc) is 3.34. The van der Waals surface area contributed by atoms with Gasteiger partial charge in [-0.25, -0.2) is 8.78 Å². The molecule has 180 valence electrons. The average molecular weight is 478 g/mol. The zero-order chi connectivity index (χ0) is 25.1. The maximum absolute atomic E-state index is 13.4. The molecule has 0 aliphatic rings. The second kappa shape index (κ2) is 10.1. The predicted octanol–water partition coefficient (Wildman–Crippen LogP) is 6.44. The molecule has 0 saturated heterocycles. The molecular weight excluding hydrogens is 452 g/mol. The van der Waals surface area contributed by atoms with E-state index in [9.17, 15) is 13.6 Å². The van der Waals surface area contributed by atoms with Crippen LogP contribution in [-0.4, -0.2) is 27.3 Å². The van der Waals surface area contributed by atoms with Crippen LogP contribution in [-0.2, 0) is 4.79 Å². The smallest absolute Gasteiger partial charge is 0.320 e. The van der Waals surface area contributed by atoms with Crippen molar-refractivity contribution < 1.29 is 23.2 Å². The van der Waals surface area contributed by atoms with Crippen LogP contribution in [0.4, 0.5) is 8.78 Å². The lowest BCUT2D eigenvalue weighted by Crippen LogP contribution is -2.35. The van der Waals surface area contributed by atoms with Gasteiger partial charge in [-0.05, 0) is 55.2 Å². The minimum atomic E-state index is -2.56. The highest BCUT2D eigenvalue weighted by Crippen LogP contribution is 2.34. The van der Waals surface area contributed by atoms with Crippen molar-refractivity contribution in [3.63, 3.8) is 0 Å². The Kier molecular flexibility index (Phi) is 7.02. The van der Waals surface area contributed by atoms with Gasteiger partial charge in [-0.2, -0.15) is 4.98 Å². The molecule has 0 radical (unpaired) electrons. The fraction of sp³-hybridized carbons (Fsp3) is 0.222. The molecule has 0 bridgehead atoms. The van der Waals surface area contributed by atoms with Crippen molar-refractivity contribution in [3.05, 3.63) is 83.4 Å². The van der Waals surface area contributed by atoms with Gasteiger partial charge in [0, 0.05) is 22.7 Å². The fourth-order valence-corrected chi connectivity index (χ4v) is 3.95. The second-order valence-electron chi connectivity index (χ2n) is 8.41. The van der Waals surface area contributed by atoms with Crippen LogP contribution in [0.5, 0.6) is 0 Å². The molecule has 0 aliphatic heterocycles. The molecule has 2 atom stereocenters. The Hall–Kier alpha value is -3.91. The number of nitrogens with zero attached hydrogens (tertiary/aromatic N) is 2. The van der Waals surface area contributed by atoms with Gasteiger partial charge in [0.1, 0.15) is 6.04 Å². The van der Waals surface area contributed by atoms with Crippen molar-refractivity contribution in [2.24, 2.45) is 0 Å². The van der Waals surface area contributed by atoms with Gasteiger partial charge in [-0.15, -0.1) is 0 Å². The Labute approximate surface area is 201 Å². The number of rotatable bonds is 8. The number of carboxylic acids is 1. The Balaban J connectivity index is 1.54. The number of benzene rings is 3. The summed E-state index contributed by atoms with van der Waals surface area (Å²) in [6.07, 6.45) is -2.56. The molecule has 6 nitrogen and oxygen atoms in total. The monoisotopic (exact) mass is 477 g/mol. The number of aryl methyl sites for hydroxylation is 1. The first-order chi connectivity index (χ1) is 16.7. The van der Waals surface area contributed by atoms with E-state index >= 15 is 0 Å². The molecule has 0 saturated carbocycles. The molecule has 0 spiro atoms. The van der Waals surface area contributed by atoms with E-state index in [4.69, 9.17) is 9.63 Å². The summed E-state index contributed by atoms with van der Waals surface area (Å²) in [6.45, 7) is 5.35. The van der Waals surface area contributed by atoms with Gasteiger partial charge in [0.2, 0.25) is 5.82 Å². The Morgan fingerprint density at radius 2 is 1.66 bits per heavy atom. The zero-order valence-corrected chi connectivity index (χ0v) is 19.5. The summed E-state index contributed by atoms with van der Waals surface area (Å²) in [5.41, 5.74) is 4.41. The molecule has 0 unspecified atom stereocenters. The summed E-state index contributed by atoms with van der Waals surface area (Å²) >= 11 is 0. The maximum Gasteiger partial charge on any atom is 0.320 e. The minimum Gasteiger partial charge on any atom is -0.480 e. The SMILES string of the molecule is Cc1cc(-c2nc(-c3ccc([C@@H](C)N[C@H](C)C(=O)O)cc3)no2)ccc1-c1ccccc1C(F)F. The lowest BCUT2D eigenvalue weighted by atomic mass is 9.94. The van der Waals surface area contributed by atoms with Crippen LogP contribution in [0.2, 0.25) is 0 Å². The number of carboxylic acid groups (broad SMARTS) is 1. The third-order valence-electron chi connectivity index (χ3n) is 5.92. The second-order valence-corrected chi connectivity index (χ2v) is 8.41. The highest BCUT2D eigenvalue weighted by atomic mass is 19.3. The van der Waals surface area contributed by atoms with Gasteiger partial charge in [0.15, 0.2) is 0 Å². The summed E-state index contributed by atoms with van der Waals surface area (Å²) in [6, 6.07) is 18.6. The number of nitrogens with one attached hydrogen (secondary N) is 1. The number of hydrogen-bond donors (Lipinski definition) is 2. The van der Waals surface area contributed by atoms with Crippen LogP contribution in [0.1, 0.15) is 43.0 Å². The van der Waals surface area contributed by atoms with Crippen molar-refractivity contribution in [2.45, 2.75) is 39.3 Å². The third kappa shape index (κ3) is 5.27. The number of halogens is 2. The van der Waals surface area contributed by atoms with Gasteiger partial charge in [0.05, 0.1) is 0 Å². The van der Waals surface area contributed by atoms with Crippen molar-refractivity contribution >= 4 is 5.97 Å². The summed E-state index contributed by atoms with van der Waals surface area (Å²) < 4.78 is 32.4. The van der Waals surface area contributed by atoms with Crippen molar-refractivity contribution in [2.75, 3.05) is 0 Å². The predicted molar refractivity (Wildman–Crippen MR) is 129 cm³/mol. The van der Waals surface area contributed by atoms with Crippen molar-refractivity contribution in [1.29, 1.82) is 0 Å². The maximum atomic E-state index is 13.4. The molecule has 4 rings (SSSR count). The van der Waals surface area contributed by atoms with E-state index in [1.807, 2.05) is 44.2 Å². The highest BCUT2D eigenvalue weighted by Gasteiger charge is 2.18. The van der Waals surface area contributed by atoms with Gasteiger partial charge < -0.3 is 9.63 Å². The number of hydrogen-bond acceptors (Lipinski definition) is 5. The summed E-state index contributed by atoms with van der Waals surface area (Å²) in [5, 5.41) is 16.2. The first-order valence-electron chi connectivity index (χ1n) is 11.2. The molecule has 0 amide bonds. The first-order valence-corrected chi connectivity index (χ1v) is 11.2. The molecule has 2 N–H and O–H groups in total. The molecule has 1 heterocycles. The lowest BCUT2D eigenvalue weighted by molar-refractivity contribution is -0.139. The van der Waals surface area contributed by atoms with Crippen LogP contribution in [0.15, 0.2) is 71.3 Å². The van der Waals surface area contributed by atoms with Crippen LogP contribution in [0.3, 0.4) is 0 Å². The standard InChI is InChI=1S/C27H25F2N3O3/c1-15-14-20(12-13-21(15)22-6-4-5-7-23(22)24(28)29)26-31-25(32-35-26)19-10-8-18(9-11-19)16(2)30-17(3)27(33)34/h4-14,16-17,24,30H,1-3H3,(H,33,34)/t16-,17-/m1/s1. The molecule has 3 aromatic carbocycles. The molecule has 0 aliphatic carbocycles. The van der Waals surface area contributed by atoms with Crippen molar-refractivity contribution in [1.82, 2.24) is 15.5 Å². The molecule has 0 fully saturated rings. The van der Waals surface area contributed by atoms with E-state index in [1.54, 1.807) is 37.3 Å². The third-order valence-corrected chi connectivity index (χ3v) is 5.92. The normalized spacial score (nSPS) is 13.1. The van der Waals surface area contributed by atoms with E-state index in [0.29, 0.717) is 22.8 Å². The van der Waals surface area contributed by atoms with Gasteiger partial charge in [-0.3, -0.25) is 10.1 Å². The highest BCUT2D eigenvalue weighted by molar-refractivity contribution is 5.74. The number of aromatic nitrogens is 2. The topological polar surface area (TPSA) is 88.2 Å². The first kappa shape index (κ1) is 24.2. The quantitative estimate of drug-likeness (QED) is 0.304. The van der Waals surface area contributed by atoms with Gasteiger partial charge >= 0.3 is 5.97 Å². The van der Waals surface area contributed by atoms with Crippen LogP contribution in [0, 0.1) is 6.92 Å². The number of alkyl halides is 2. The molecule has 1 aromatic heterocycles. The Morgan fingerprint density at radius 3 is 2.31 bits per heavy atom. The molecule has 35 heavy (non-hydrogen) atoms. The van der Waals surface area contributed by atoms with Gasteiger partial charge in [-0.1, -0.05) is 59.8 Å². The molecular formula is C27H25F2N3O3. The molecule has 8 heteroatoms. The Morgan fingerprint density at radius 1 is 0.971 bits per heavy atom. The van der Waals surface area contributed by atoms with Crippen LogP contribution >= 0.6 is 0 Å². The van der Waals surface area contributed by atoms with Crippen LogP contribution < -0.4 is 5.32 Å². The van der Waals surface area contributed by atoms with E-state index in [0.717, 1.165) is 22.3 Å². The van der Waals surface area contributed by atoms with Crippen LogP contribution in [0.25, 0.3) is 34.0 Å². The lowest BCUT2D eigenvalue weighted by Gasteiger charge is -2.17. The zero-order valence-electron chi connectivity index (χ0n) is 19.5. The van der Waals surface area contributed by atoms with Gasteiger partial charge in [0.25, 0.3) is 12.3 Å². The molecule has 4 aromatic rings. The number of aliphatic carboxylic acids is 1. The fourth-order valence-electron chi connectivity index (χ4n) is 3.95. The largest absolute Gasteiger partial charge is 0.480 e. The van der Waals surface area contributed by atoms with E-state index in [2.05, 4.69) is 15.5 Å². The van der Waals surface area contributed by atoms with E-state index < -0.39 is 18.4 Å². The Bertz CT molecular complexity index is 1340. The summed E-state index contributed by atoms with van der Waals surface area (Å²) in [7, 11) is 0. The van der Waals surface area contributed by atoms with E-state index in [-0.39, 0.29) is 11.6 Å². The summed E-state index contributed by atoms with van der Waals surface area (Å²) in [4.78, 5) is 15.6. The minimum absolute atomic E-state index is 0.00573. The van der Waals surface area contributed by atoms with Crippen molar-refractivity contribution in [3.8, 4) is 34.0 Å². The summed E-state index contributed by atoms with van der Waals surface area (Å²) in [5.74, 6) is -0.170. The number of carbonyl (C=O) groups is 1.